The first kappa shape index (κ1) is 6.98. The van der Waals surface area contributed by atoms with Crippen molar-refractivity contribution in [3.8, 4) is 11.5 Å². The molecule has 12 heavy (non-hydrogen) atoms. The minimum atomic E-state index is -0.0359. The lowest BCUT2D eigenvalue weighted by Crippen LogP contribution is -1.73. The van der Waals surface area contributed by atoms with Gasteiger partial charge in [0.1, 0.15) is 11.5 Å². The normalized spacial score (nSPS) is 10.3. The summed E-state index contributed by atoms with van der Waals surface area (Å²) < 4.78 is 0. The third-order valence-corrected chi connectivity index (χ3v) is 1.74. The number of phenols is 2. The van der Waals surface area contributed by atoms with Gasteiger partial charge in [0.05, 0.1) is 0 Å². The van der Waals surface area contributed by atoms with Crippen molar-refractivity contribution in [1.82, 2.24) is 0 Å². The number of aromatic hydroxyl groups is 2. The predicted molar refractivity (Wildman–Crippen MR) is 46.1 cm³/mol. The molecule has 0 heterocycles. The monoisotopic (exact) mass is 159 g/mol. The highest BCUT2D eigenvalue weighted by molar-refractivity contribution is 5.88. The maximum absolute atomic E-state index is 9.37. The third-order valence-electron chi connectivity index (χ3n) is 1.74. The van der Waals surface area contributed by atoms with Gasteiger partial charge in [-0.3, -0.25) is 0 Å². The molecule has 59 valence electrons. The van der Waals surface area contributed by atoms with Gasteiger partial charge in [-0.15, -0.1) is 0 Å². The molecule has 0 unspecified atom stereocenters. The van der Waals surface area contributed by atoms with Crippen LogP contribution >= 0.6 is 0 Å². The van der Waals surface area contributed by atoms with E-state index >= 15 is 0 Å². The summed E-state index contributed by atoms with van der Waals surface area (Å²) in [7, 11) is 0. The van der Waals surface area contributed by atoms with Crippen molar-refractivity contribution in [2.75, 3.05) is 0 Å². The maximum Gasteiger partial charge on any atom is 0.127 e. The van der Waals surface area contributed by atoms with Gasteiger partial charge in [-0.25, -0.2) is 0 Å². The Labute approximate surface area is 69.7 Å². The average molecular weight is 159 g/mol. The summed E-state index contributed by atoms with van der Waals surface area (Å²) in [5.41, 5.74) is 0. The van der Waals surface area contributed by atoms with Crippen molar-refractivity contribution in [1.29, 1.82) is 0 Å². The van der Waals surface area contributed by atoms with Gasteiger partial charge in [0, 0.05) is 17.5 Å². The van der Waals surface area contributed by atoms with Crippen LogP contribution in [0.3, 0.4) is 0 Å². The zero-order valence-electron chi connectivity index (χ0n) is 6.28. The number of benzene rings is 2. The van der Waals surface area contributed by atoms with Crippen LogP contribution in [0.1, 0.15) is 0 Å². The Hall–Kier alpha value is -1.70. The van der Waals surface area contributed by atoms with Gasteiger partial charge >= 0.3 is 0 Å². The van der Waals surface area contributed by atoms with Crippen LogP contribution in [0.2, 0.25) is 0 Å². The number of fused-ring (bicyclic) bond motifs is 1. The Morgan fingerprint density at radius 2 is 1.83 bits per heavy atom. The molecule has 0 bridgehead atoms. The molecule has 0 spiro atoms. The largest absolute Gasteiger partial charge is 0.507 e. The fourth-order valence-corrected chi connectivity index (χ4v) is 1.20. The molecule has 0 aliphatic carbocycles. The SMILES string of the molecule is Oc1[c]c2ccccc2c(O)c1. The summed E-state index contributed by atoms with van der Waals surface area (Å²) in [6.45, 7) is 0. The molecular weight excluding hydrogens is 152 g/mol. The van der Waals surface area contributed by atoms with E-state index < -0.39 is 0 Å². The Morgan fingerprint density at radius 1 is 1.08 bits per heavy atom. The van der Waals surface area contributed by atoms with E-state index in [4.69, 9.17) is 5.11 Å². The van der Waals surface area contributed by atoms with Gasteiger partial charge in [0.15, 0.2) is 0 Å². The van der Waals surface area contributed by atoms with Gasteiger partial charge in [-0.2, -0.15) is 0 Å². The molecule has 0 aromatic heterocycles. The lowest BCUT2D eigenvalue weighted by atomic mass is 10.1. The molecule has 1 radical (unpaired) electrons. The number of hydrogen-bond acceptors (Lipinski definition) is 2. The number of phenolic OH excluding ortho intramolecular Hbond substituents is 2. The van der Waals surface area contributed by atoms with Crippen molar-refractivity contribution in [3.05, 3.63) is 36.4 Å². The van der Waals surface area contributed by atoms with E-state index in [1.54, 1.807) is 12.1 Å². The van der Waals surface area contributed by atoms with Gasteiger partial charge in [-0.1, -0.05) is 24.3 Å². The van der Waals surface area contributed by atoms with Crippen LogP contribution in [0, 0.1) is 6.07 Å². The second-order valence-corrected chi connectivity index (χ2v) is 2.59. The maximum atomic E-state index is 9.37. The molecule has 0 atom stereocenters. The van der Waals surface area contributed by atoms with Gasteiger partial charge in [0.2, 0.25) is 0 Å². The van der Waals surface area contributed by atoms with E-state index in [-0.39, 0.29) is 11.5 Å². The summed E-state index contributed by atoms with van der Waals surface area (Å²) in [6, 6.07) is 11.2. The van der Waals surface area contributed by atoms with E-state index in [0.717, 1.165) is 5.39 Å². The van der Waals surface area contributed by atoms with Crippen molar-refractivity contribution in [2.45, 2.75) is 0 Å². The molecule has 2 aromatic carbocycles. The van der Waals surface area contributed by atoms with Crippen LogP contribution in [-0.2, 0) is 0 Å². The highest BCUT2D eigenvalue weighted by Gasteiger charge is 2.00. The quantitative estimate of drug-likeness (QED) is 0.617. The minimum absolute atomic E-state index is 0.0359. The Morgan fingerprint density at radius 3 is 2.67 bits per heavy atom. The molecular formula is C10H7O2. The van der Waals surface area contributed by atoms with Crippen LogP contribution in [-0.4, -0.2) is 10.2 Å². The standard InChI is InChI=1S/C10H7O2/c11-8-5-7-3-1-2-4-9(7)10(12)6-8/h1-4,6,11-12H. The van der Waals surface area contributed by atoms with Crippen LogP contribution < -0.4 is 0 Å². The van der Waals surface area contributed by atoms with Crippen molar-refractivity contribution < 1.29 is 10.2 Å². The first-order valence-electron chi connectivity index (χ1n) is 3.60. The van der Waals surface area contributed by atoms with E-state index in [2.05, 4.69) is 6.07 Å². The molecule has 0 fully saturated rings. The molecule has 0 aliphatic heterocycles. The summed E-state index contributed by atoms with van der Waals surface area (Å²) in [4.78, 5) is 0. The molecule has 0 saturated heterocycles. The Kier molecular flexibility index (Phi) is 1.40. The molecule has 0 aliphatic rings. The van der Waals surface area contributed by atoms with Crippen LogP contribution in [0.15, 0.2) is 30.3 Å². The van der Waals surface area contributed by atoms with Crippen LogP contribution in [0.5, 0.6) is 11.5 Å². The van der Waals surface area contributed by atoms with E-state index in [9.17, 15) is 5.11 Å². The zero-order chi connectivity index (χ0) is 8.55. The lowest BCUT2D eigenvalue weighted by molar-refractivity contribution is 0.454. The summed E-state index contributed by atoms with van der Waals surface area (Å²) in [5, 5.41) is 19.9. The molecule has 2 nitrogen and oxygen atoms in total. The smallest absolute Gasteiger partial charge is 0.127 e. The Balaban J connectivity index is 2.89. The highest BCUT2D eigenvalue weighted by atomic mass is 16.3. The first-order chi connectivity index (χ1) is 5.77. The van der Waals surface area contributed by atoms with Crippen LogP contribution in [0.4, 0.5) is 0 Å². The van der Waals surface area contributed by atoms with Gasteiger partial charge in [0.25, 0.3) is 0 Å². The molecule has 0 saturated carbocycles. The highest BCUT2D eigenvalue weighted by Crippen LogP contribution is 2.28. The van der Waals surface area contributed by atoms with Crippen molar-refractivity contribution in [2.24, 2.45) is 0 Å². The van der Waals surface area contributed by atoms with E-state index in [1.165, 1.54) is 6.07 Å². The molecule has 0 amide bonds. The van der Waals surface area contributed by atoms with E-state index in [1.807, 2.05) is 12.1 Å². The van der Waals surface area contributed by atoms with Crippen molar-refractivity contribution >= 4 is 10.8 Å². The number of rotatable bonds is 0. The fourth-order valence-electron chi connectivity index (χ4n) is 1.20. The average Bonchev–Trinajstić information content (AvgIpc) is 2.04. The van der Waals surface area contributed by atoms with Crippen LogP contribution in [0.25, 0.3) is 10.8 Å². The summed E-state index contributed by atoms with van der Waals surface area (Å²) in [6.07, 6.45) is 0. The predicted octanol–water partition coefficient (Wildman–Crippen LogP) is 2.05. The summed E-state index contributed by atoms with van der Waals surface area (Å²) >= 11 is 0. The van der Waals surface area contributed by atoms with Gasteiger partial charge < -0.3 is 10.2 Å². The molecule has 2 aromatic rings. The lowest BCUT2D eigenvalue weighted by Gasteiger charge is -2.00. The topological polar surface area (TPSA) is 40.5 Å². The fraction of sp³-hybridized carbons (Fsp3) is 0. The van der Waals surface area contributed by atoms with E-state index in [0.29, 0.717) is 5.39 Å². The second-order valence-electron chi connectivity index (χ2n) is 2.59. The zero-order valence-corrected chi connectivity index (χ0v) is 6.28. The second kappa shape index (κ2) is 2.41. The third kappa shape index (κ3) is 0.975. The first-order valence-corrected chi connectivity index (χ1v) is 3.60. The number of hydrogen-bond donors (Lipinski definition) is 2. The summed E-state index contributed by atoms with van der Waals surface area (Å²) in [5.74, 6) is 0.0491. The van der Waals surface area contributed by atoms with Gasteiger partial charge in [-0.05, 0) is 5.39 Å². The molecule has 2 N–H and O–H groups in total. The molecule has 2 rings (SSSR count). The molecule has 2 heteroatoms. The Bertz CT molecular complexity index is 421. The minimum Gasteiger partial charge on any atom is -0.507 e. The van der Waals surface area contributed by atoms with Crippen molar-refractivity contribution in [3.63, 3.8) is 0 Å².